The van der Waals surface area contributed by atoms with Crippen molar-refractivity contribution in [1.29, 1.82) is 0 Å². The van der Waals surface area contributed by atoms with Gasteiger partial charge in [-0.05, 0) is 6.07 Å². The van der Waals surface area contributed by atoms with E-state index in [1.54, 1.807) is 0 Å². The second-order valence-corrected chi connectivity index (χ2v) is 5.28. The van der Waals surface area contributed by atoms with Crippen LogP contribution in [0.2, 0.25) is 0 Å². The average molecular weight is 416 g/mol. The first-order chi connectivity index (χ1) is 10.2. The minimum absolute atomic E-state index is 0. The lowest BCUT2D eigenvalue weighted by Gasteiger charge is -2.26. The third kappa shape index (κ3) is 3.82. The SMILES string of the molecule is CN1CCN=C1NCC(=O)NC1CCOc2ccccc21.I. The Hall–Kier alpha value is -1.51. The molecular weight excluding hydrogens is 395 g/mol. The van der Waals surface area contributed by atoms with Crippen LogP contribution in [-0.4, -0.2) is 50.1 Å². The number of nitrogens with one attached hydrogen (secondary N) is 2. The largest absolute Gasteiger partial charge is 0.493 e. The Labute approximate surface area is 147 Å². The van der Waals surface area contributed by atoms with Crippen molar-refractivity contribution in [2.45, 2.75) is 12.5 Å². The van der Waals surface area contributed by atoms with E-state index in [-0.39, 0.29) is 42.5 Å². The molecule has 0 fully saturated rings. The van der Waals surface area contributed by atoms with Gasteiger partial charge in [0.1, 0.15) is 5.75 Å². The standard InChI is InChI=1S/C15H20N4O2.HI/c1-19-8-7-16-15(19)17-10-14(20)18-12-6-9-21-13-5-3-2-4-11(12)13;/h2-5,12H,6-10H2,1H3,(H,16,17)(H,18,20);1H. The molecule has 1 aromatic rings. The smallest absolute Gasteiger partial charge is 0.239 e. The Bertz CT molecular complexity index is 564. The molecule has 0 saturated heterocycles. The molecule has 0 radical (unpaired) electrons. The zero-order valence-electron chi connectivity index (χ0n) is 12.5. The third-order valence-electron chi connectivity index (χ3n) is 3.76. The van der Waals surface area contributed by atoms with Gasteiger partial charge in [-0.1, -0.05) is 18.2 Å². The van der Waals surface area contributed by atoms with E-state index in [1.165, 1.54) is 0 Å². The fourth-order valence-corrected chi connectivity index (χ4v) is 2.62. The normalized spacial score (nSPS) is 19.4. The number of hydrogen-bond donors (Lipinski definition) is 2. The number of para-hydroxylation sites is 1. The quantitative estimate of drug-likeness (QED) is 0.726. The minimum Gasteiger partial charge on any atom is -0.493 e. The highest BCUT2D eigenvalue weighted by Crippen LogP contribution is 2.31. The Morgan fingerprint density at radius 2 is 2.27 bits per heavy atom. The van der Waals surface area contributed by atoms with Crippen molar-refractivity contribution in [3.05, 3.63) is 29.8 Å². The van der Waals surface area contributed by atoms with Crippen LogP contribution in [-0.2, 0) is 4.79 Å². The van der Waals surface area contributed by atoms with Gasteiger partial charge in [-0.25, -0.2) is 0 Å². The molecule has 1 amide bonds. The van der Waals surface area contributed by atoms with E-state index in [2.05, 4.69) is 15.6 Å². The lowest BCUT2D eigenvalue weighted by Crippen LogP contribution is -2.43. The van der Waals surface area contributed by atoms with E-state index in [9.17, 15) is 4.79 Å². The summed E-state index contributed by atoms with van der Waals surface area (Å²) < 4.78 is 5.60. The summed E-state index contributed by atoms with van der Waals surface area (Å²) in [6, 6.07) is 7.87. The number of guanidine groups is 1. The number of aliphatic imine (C=N–C) groups is 1. The molecule has 1 atom stereocenters. The van der Waals surface area contributed by atoms with Gasteiger partial charge in [-0.15, -0.1) is 24.0 Å². The predicted molar refractivity (Wildman–Crippen MR) is 95.8 cm³/mol. The molecule has 2 aliphatic rings. The Morgan fingerprint density at radius 3 is 3.05 bits per heavy atom. The maximum atomic E-state index is 12.1. The number of hydrogen-bond acceptors (Lipinski definition) is 5. The zero-order chi connectivity index (χ0) is 14.7. The second-order valence-electron chi connectivity index (χ2n) is 5.28. The Kier molecular flexibility index (Phi) is 5.87. The van der Waals surface area contributed by atoms with E-state index in [4.69, 9.17) is 4.74 Å². The molecule has 0 spiro atoms. The first-order valence-electron chi connectivity index (χ1n) is 7.24. The van der Waals surface area contributed by atoms with E-state index in [0.717, 1.165) is 36.8 Å². The summed E-state index contributed by atoms with van der Waals surface area (Å²) in [5.41, 5.74) is 1.05. The van der Waals surface area contributed by atoms with Crippen molar-refractivity contribution < 1.29 is 9.53 Å². The number of amides is 1. The van der Waals surface area contributed by atoms with Gasteiger partial charge in [0.25, 0.3) is 0 Å². The summed E-state index contributed by atoms with van der Waals surface area (Å²) in [6.07, 6.45) is 0.795. The van der Waals surface area contributed by atoms with Gasteiger partial charge < -0.3 is 20.3 Å². The summed E-state index contributed by atoms with van der Waals surface area (Å²) in [5, 5.41) is 6.14. The first kappa shape index (κ1) is 16.9. The molecule has 120 valence electrons. The molecule has 3 rings (SSSR count). The number of rotatable bonds is 3. The molecule has 0 saturated carbocycles. The molecule has 0 aliphatic carbocycles. The van der Waals surface area contributed by atoms with Crippen LogP contribution in [0.1, 0.15) is 18.0 Å². The highest BCUT2D eigenvalue weighted by atomic mass is 127. The summed E-state index contributed by atoms with van der Waals surface area (Å²) >= 11 is 0. The number of carbonyl (C=O) groups excluding carboxylic acids is 1. The van der Waals surface area contributed by atoms with Gasteiger partial charge in [0, 0.05) is 25.6 Å². The van der Waals surface area contributed by atoms with Gasteiger partial charge >= 0.3 is 0 Å². The summed E-state index contributed by atoms with van der Waals surface area (Å²) in [6.45, 7) is 2.55. The molecule has 2 heterocycles. The Morgan fingerprint density at radius 1 is 1.45 bits per heavy atom. The number of carbonyl (C=O) groups is 1. The molecule has 7 heteroatoms. The lowest BCUT2D eigenvalue weighted by atomic mass is 10.0. The number of benzene rings is 1. The van der Waals surface area contributed by atoms with Gasteiger partial charge in [-0.3, -0.25) is 9.79 Å². The van der Waals surface area contributed by atoms with Crippen LogP contribution >= 0.6 is 24.0 Å². The molecule has 2 N–H and O–H groups in total. The van der Waals surface area contributed by atoms with Crippen molar-refractivity contribution in [2.75, 3.05) is 33.3 Å². The number of halogens is 1. The monoisotopic (exact) mass is 416 g/mol. The third-order valence-corrected chi connectivity index (χ3v) is 3.76. The number of ether oxygens (including phenoxy) is 1. The van der Waals surface area contributed by atoms with Crippen LogP contribution in [0.4, 0.5) is 0 Å². The molecule has 0 bridgehead atoms. The Balaban J connectivity index is 0.00000176. The van der Waals surface area contributed by atoms with E-state index in [0.29, 0.717) is 6.61 Å². The van der Waals surface area contributed by atoms with Crippen LogP contribution in [0.15, 0.2) is 29.3 Å². The van der Waals surface area contributed by atoms with Crippen LogP contribution in [0.25, 0.3) is 0 Å². The van der Waals surface area contributed by atoms with E-state index in [1.807, 2.05) is 36.2 Å². The highest BCUT2D eigenvalue weighted by molar-refractivity contribution is 14.0. The van der Waals surface area contributed by atoms with Gasteiger partial charge in [0.2, 0.25) is 5.91 Å². The van der Waals surface area contributed by atoms with Crippen molar-refractivity contribution in [2.24, 2.45) is 4.99 Å². The van der Waals surface area contributed by atoms with Gasteiger partial charge in [0.05, 0.1) is 25.7 Å². The summed E-state index contributed by atoms with van der Waals surface area (Å²) in [5.74, 6) is 1.62. The molecule has 6 nitrogen and oxygen atoms in total. The predicted octanol–water partition coefficient (Wildman–Crippen LogP) is 1.14. The number of likely N-dealkylation sites (N-methyl/N-ethyl adjacent to an activating group) is 1. The van der Waals surface area contributed by atoms with E-state index >= 15 is 0 Å². The molecule has 0 aromatic heterocycles. The molecular formula is C15H21IN4O2. The highest BCUT2D eigenvalue weighted by Gasteiger charge is 2.22. The van der Waals surface area contributed by atoms with Crippen molar-refractivity contribution in [3.8, 4) is 5.75 Å². The second kappa shape index (κ2) is 7.66. The van der Waals surface area contributed by atoms with Gasteiger partial charge in [-0.2, -0.15) is 0 Å². The minimum atomic E-state index is -0.0281. The fourth-order valence-electron chi connectivity index (χ4n) is 2.62. The van der Waals surface area contributed by atoms with Crippen LogP contribution in [0.5, 0.6) is 5.75 Å². The van der Waals surface area contributed by atoms with Crippen molar-refractivity contribution >= 4 is 35.8 Å². The van der Waals surface area contributed by atoms with Crippen LogP contribution < -0.4 is 15.4 Å². The lowest BCUT2D eigenvalue weighted by molar-refractivity contribution is -0.120. The average Bonchev–Trinajstić information content (AvgIpc) is 2.91. The van der Waals surface area contributed by atoms with Crippen LogP contribution in [0.3, 0.4) is 0 Å². The molecule has 2 aliphatic heterocycles. The maximum absolute atomic E-state index is 12.1. The maximum Gasteiger partial charge on any atom is 0.239 e. The summed E-state index contributed by atoms with van der Waals surface area (Å²) in [4.78, 5) is 18.4. The molecule has 22 heavy (non-hydrogen) atoms. The van der Waals surface area contributed by atoms with Crippen molar-refractivity contribution in [3.63, 3.8) is 0 Å². The van der Waals surface area contributed by atoms with Gasteiger partial charge in [0.15, 0.2) is 5.96 Å². The fraction of sp³-hybridized carbons (Fsp3) is 0.467. The molecule has 1 aromatic carbocycles. The zero-order valence-corrected chi connectivity index (χ0v) is 14.9. The van der Waals surface area contributed by atoms with E-state index < -0.39 is 0 Å². The first-order valence-corrected chi connectivity index (χ1v) is 7.24. The topological polar surface area (TPSA) is 66.0 Å². The molecule has 1 unspecified atom stereocenters. The van der Waals surface area contributed by atoms with Crippen LogP contribution in [0, 0.1) is 0 Å². The number of fused-ring (bicyclic) bond motifs is 1. The summed E-state index contributed by atoms with van der Waals surface area (Å²) in [7, 11) is 1.96. The van der Waals surface area contributed by atoms with Crippen molar-refractivity contribution in [1.82, 2.24) is 15.5 Å². The number of nitrogens with zero attached hydrogens (tertiary/aromatic N) is 2.